The second kappa shape index (κ2) is 6.69. The van der Waals surface area contributed by atoms with Crippen molar-refractivity contribution in [1.29, 1.82) is 0 Å². The highest BCUT2D eigenvalue weighted by atomic mass is 32.2. The Morgan fingerprint density at radius 3 is 2.56 bits per heavy atom. The van der Waals surface area contributed by atoms with Crippen molar-refractivity contribution >= 4 is 10.0 Å². The molecular weight excluding hydrogens is 350 g/mol. The molecule has 0 fully saturated rings. The quantitative estimate of drug-likeness (QED) is 0.753. The van der Waals surface area contributed by atoms with Crippen LogP contribution >= 0.6 is 0 Å². The number of aromatic nitrogens is 3. The second-order valence-corrected chi connectivity index (χ2v) is 7.09. The lowest BCUT2D eigenvalue weighted by atomic mass is 10.2. The normalized spacial score (nSPS) is 11.6. The highest BCUT2D eigenvalue weighted by Gasteiger charge is 2.19. The zero-order chi connectivity index (χ0) is 18.0. The Morgan fingerprint density at radius 1 is 1.16 bits per heavy atom. The predicted molar refractivity (Wildman–Crippen MR) is 86.8 cm³/mol. The van der Waals surface area contributed by atoms with Crippen molar-refractivity contribution in [3.63, 3.8) is 0 Å². The molecule has 1 aromatic carbocycles. The molecule has 3 aromatic rings. The number of hydrogen-bond donors (Lipinski definition) is 1. The maximum atomic E-state index is 13.6. The van der Waals surface area contributed by atoms with Crippen molar-refractivity contribution in [3.8, 4) is 11.3 Å². The van der Waals surface area contributed by atoms with E-state index in [-0.39, 0.29) is 6.54 Å². The number of pyridine rings is 1. The summed E-state index contributed by atoms with van der Waals surface area (Å²) in [5.74, 6) is -1.98. The van der Waals surface area contributed by atoms with E-state index < -0.39 is 26.6 Å². The van der Waals surface area contributed by atoms with Gasteiger partial charge in [-0.05, 0) is 23.8 Å². The van der Waals surface area contributed by atoms with E-state index in [0.29, 0.717) is 17.3 Å². The van der Waals surface area contributed by atoms with Gasteiger partial charge in [0.2, 0.25) is 10.0 Å². The lowest BCUT2D eigenvalue weighted by Gasteiger charge is -2.08. The molecular formula is C16H14F2N4O2S. The fraction of sp³-hybridized carbons (Fsp3) is 0.125. The number of aryl methyl sites for hydroxylation is 1. The summed E-state index contributed by atoms with van der Waals surface area (Å²) in [6.45, 7) is -0.0700. The maximum absolute atomic E-state index is 13.6. The first-order chi connectivity index (χ1) is 11.8. The summed E-state index contributed by atoms with van der Waals surface area (Å²) in [5.41, 5.74) is 2.13. The molecule has 0 unspecified atom stereocenters. The molecule has 2 heterocycles. The summed E-state index contributed by atoms with van der Waals surface area (Å²) >= 11 is 0. The number of halogens is 2. The van der Waals surface area contributed by atoms with Gasteiger partial charge < -0.3 is 0 Å². The van der Waals surface area contributed by atoms with E-state index in [4.69, 9.17) is 0 Å². The van der Waals surface area contributed by atoms with Crippen LogP contribution in [0.3, 0.4) is 0 Å². The van der Waals surface area contributed by atoms with Crippen molar-refractivity contribution in [2.24, 2.45) is 7.05 Å². The number of benzene rings is 1. The highest BCUT2D eigenvalue weighted by molar-refractivity contribution is 7.89. The number of nitrogens with one attached hydrogen (secondary N) is 1. The van der Waals surface area contributed by atoms with Crippen molar-refractivity contribution in [1.82, 2.24) is 19.5 Å². The molecule has 0 bridgehead atoms. The van der Waals surface area contributed by atoms with Crippen molar-refractivity contribution in [2.75, 3.05) is 0 Å². The number of nitrogens with zero attached hydrogens (tertiary/aromatic N) is 3. The zero-order valence-corrected chi connectivity index (χ0v) is 14.0. The summed E-state index contributed by atoms with van der Waals surface area (Å²) in [5, 5.41) is 4.05. The SMILES string of the molecule is Cn1cc(-c2ccc(CNS(=O)(=O)c3ccc(F)cc3F)cn2)cn1. The molecule has 0 radical (unpaired) electrons. The number of hydrogen-bond acceptors (Lipinski definition) is 4. The first-order valence-corrected chi connectivity index (χ1v) is 8.72. The highest BCUT2D eigenvalue weighted by Crippen LogP contribution is 2.17. The van der Waals surface area contributed by atoms with Crippen LogP contribution < -0.4 is 4.72 Å². The molecule has 0 aliphatic carbocycles. The third kappa shape index (κ3) is 3.89. The fourth-order valence-corrected chi connectivity index (χ4v) is 3.28. The van der Waals surface area contributed by atoms with Crippen LogP contribution in [-0.4, -0.2) is 23.2 Å². The Balaban J connectivity index is 1.72. The van der Waals surface area contributed by atoms with Crippen molar-refractivity contribution in [3.05, 3.63) is 66.1 Å². The first kappa shape index (κ1) is 17.2. The third-order valence-electron chi connectivity index (χ3n) is 3.48. The van der Waals surface area contributed by atoms with Gasteiger partial charge in [-0.2, -0.15) is 5.10 Å². The van der Waals surface area contributed by atoms with Gasteiger partial charge in [0.05, 0.1) is 11.9 Å². The monoisotopic (exact) mass is 364 g/mol. The largest absolute Gasteiger partial charge is 0.275 e. The van der Waals surface area contributed by atoms with E-state index in [2.05, 4.69) is 14.8 Å². The van der Waals surface area contributed by atoms with Crippen LogP contribution in [0, 0.1) is 11.6 Å². The molecule has 2 aromatic heterocycles. The lowest BCUT2D eigenvalue weighted by Crippen LogP contribution is -2.24. The summed E-state index contributed by atoms with van der Waals surface area (Å²) in [4.78, 5) is 3.65. The molecule has 9 heteroatoms. The molecule has 25 heavy (non-hydrogen) atoms. The zero-order valence-electron chi connectivity index (χ0n) is 13.1. The first-order valence-electron chi connectivity index (χ1n) is 7.24. The van der Waals surface area contributed by atoms with Gasteiger partial charge in [-0.1, -0.05) is 6.07 Å². The van der Waals surface area contributed by atoms with Crippen LogP contribution in [0.4, 0.5) is 8.78 Å². The smallest absolute Gasteiger partial charge is 0.243 e. The minimum Gasteiger partial charge on any atom is -0.275 e. The summed E-state index contributed by atoms with van der Waals surface area (Å²) in [7, 11) is -2.30. The van der Waals surface area contributed by atoms with Crippen molar-refractivity contribution in [2.45, 2.75) is 11.4 Å². The van der Waals surface area contributed by atoms with Crippen LogP contribution in [0.2, 0.25) is 0 Å². The van der Waals surface area contributed by atoms with Gasteiger partial charge in [0.25, 0.3) is 0 Å². The van der Waals surface area contributed by atoms with Crippen LogP contribution in [0.25, 0.3) is 11.3 Å². The minimum absolute atomic E-state index is 0.0700. The van der Waals surface area contributed by atoms with E-state index in [0.717, 1.165) is 17.7 Å². The molecule has 1 N–H and O–H groups in total. The van der Waals surface area contributed by atoms with Crippen molar-refractivity contribution < 1.29 is 17.2 Å². The maximum Gasteiger partial charge on any atom is 0.243 e. The van der Waals surface area contributed by atoms with Gasteiger partial charge in [0.1, 0.15) is 16.5 Å². The molecule has 0 aliphatic heterocycles. The Labute approximate surface area is 143 Å². The van der Waals surface area contributed by atoms with Gasteiger partial charge in [-0.25, -0.2) is 21.9 Å². The van der Waals surface area contributed by atoms with E-state index >= 15 is 0 Å². The molecule has 6 nitrogen and oxygen atoms in total. The summed E-state index contributed by atoms with van der Waals surface area (Å²) in [6.07, 6.45) is 5.00. The third-order valence-corrected chi connectivity index (χ3v) is 4.91. The summed E-state index contributed by atoms with van der Waals surface area (Å²) < 4.78 is 54.7. The van der Waals surface area contributed by atoms with Gasteiger partial charge in [0.15, 0.2) is 0 Å². The van der Waals surface area contributed by atoms with Crippen LogP contribution in [0.1, 0.15) is 5.56 Å². The molecule has 0 spiro atoms. The molecule has 0 atom stereocenters. The second-order valence-electron chi connectivity index (χ2n) is 5.35. The Morgan fingerprint density at radius 2 is 1.96 bits per heavy atom. The Bertz CT molecular complexity index is 1000. The lowest BCUT2D eigenvalue weighted by molar-refractivity contribution is 0.543. The van der Waals surface area contributed by atoms with E-state index in [1.807, 2.05) is 6.20 Å². The molecule has 0 saturated carbocycles. The number of sulfonamides is 1. The molecule has 0 saturated heterocycles. The van der Waals surface area contributed by atoms with E-state index in [1.54, 1.807) is 30.1 Å². The van der Waals surface area contributed by atoms with Gasteiger partial charge in [-0.15, -0.1) is 0 Å². The van der Waals surface area contributed by atoms with E-state index in [9.17, 15) is 17.2 Å². The fourth-order valence-electron chi connectivity index (χ4n) is 2.20. The van der Waals surface area contributed by atoms with Gasteiger partial charge >= 0.3 is 0 Å². The van der Waals surface area contributed by atoms with E-state index in [1.165, 1.54) is 6.20 Å². The average molecular weight is 364 g/mol. The van der Waals surface area contributed by atoms with Crippen LogP contribution in [0.15, 0.2) is 53.8 Å². The number of rotatable bonds is 5. The molecule has 130 valence electrons. The summed E-state index contributed by atoms with van der Waals surface area (Å²) in [6, 6.07) is 5.75. The minimum atomic E-state index is -4.10. The standard InChI is InChI=1S/C16H14F2N4O2S/c1-22-10-12(9-20-22)15-4-2-11(7-19-15)8-21-25(23,24)16-5-3-13(17)6-14(16)18/h2-7,9-10,21H,8H2,1H3. The average Bonchev–Trinajstić information content (AvgIpc) is 3.00. The van der Waals surface area contributed by atoms with Crippen LogP contribution in [0.5, 0.6) is 0 Å². The van der Waals surface area contributed by atoms with Crippen LogP contribution in [-0.2, 0) is 23.6 Å². The molecule has 3 rings (SSSR count). The van der Waals surface area contributed by atoms with Gasteiger partial charge in [0, 0.05) is 37.6 Å². The topological polar surface area (TPSA) is 76.9 Å². The Hall–Kier alpha value is -2.65. The predicted octanol–water partition coefficient (Wildman–Crippen LogP) is 2.24. The molecule has 0 aliphatic rings. The molecule has 0 amide bonds. The van der Waals surface area contributed by atoms with Gasteiger partial charge in [-0.3, -0.25) is 9.67 Å². The Kier molecular flexibility index (Phi) is 4.60.